The van der Waals surface area contributed by atoms with Crippen LogP contribution in [0.2, 0.25) is 0 Å². The molecule has 0 aliphatic carbocycles. The van der Waals surface area contributed by atoms with Crippen LogP contribution in [0, 0.1) is 18.3 Å². The van der Waals surface area contributed by atoms with E-state index in [1.807, 2.05) is 19.2 Å². The Labute approximate surface area is 151 Å². The minimum absolute atomic E-state index is 0.0329. The Morgan fingerprint density at radius 2 is 1.88 bits per heavy atom. The lowest BCUT2D eigenvalue weighted by molar-refractivity contribution is 0.339. The molecule has 130 valence electrons. The number of thioether (sulfide) groups is 1. The smallest absolute Gasteiger partial charge is 0.358 e. The van der Waals surface area contributed by atoms with Gasteiger partial charge in [0.25, 0.3) is 0 Å². The van der Waals surface area contributed by atoms with Crippen LogP contribution in [-0.4, -0.2) is 27.5 Å². The third-order valence-electron chi connectivity index (χ3n) is 3.30. The van der Waals surface area contributed by atoms with Crippen LogP contribution in [0.1, 0.15) is 11.1 Å². The van der Waals surface area contributed by atoms with Crippen LogP contribution in [-0.2, 0) is 14.4 Å². The van der Waals surface area contributed by atoms with E-state index >= 15 is 0 Å². The van der Waals surface area contributed by atoms with E-state index in [1.54, 1.807) is 30.3 Å². The van der Waals surface area contributed by atoms with Gasteiger partial charge < -0.3 is 4.74 Å². The third-order valence-corrected chi connectivity index (χ3v) is 5.20. The van der Waals surface area contributed by atoms with Gasteiger partial charge in [-0.3, -0.25) is 4.28 Å². The molecule has 0 bridgehead atoms. The Bertz CT molecular complexity index is 930. The van der Waals surface area contributed by atoms with Crippen LogP contribution in [0.15, 0.2) is 57.4 Å². The first kappa shape index (κ1) is 18.8. The van der Waals surface area contributed by atoms with Crippen molar-refractivity contribution in [3.63, 3.8) is 0 Å². The predicted molar refractivity (Wildman–Crippen MR) is 96.4 cm³/mol. The van der Waals surface area contributed by atoms with Crippen molar-refractivity contribution < 1.29 is 17.4 Å². The number of rotatable bonds is 6. The number of benzene rings is 2. The highest BCUT2D eigenvalue weighted by Gasteiger charge is 2.17. The first-order chi connectivity index (χ1) is 11.9. The lowest BCUT2D eigenvalue weighted by Crippen LogP contribution is -2.06. The Kier molecular flexibility index (Phi) is 6.07. The van der Waals surface area contributed by atoms with Crippen LogP contribution in [0.4, 0.5) is 0 Å². The van der Waals surface area contributed by atoms with Gasteiger partial charge >= 0.3 is 10.1 Å². The molecule has 0 heterocycles. The Morgan fingerprint density at radius 3 is 2.44 bits per heavy atom. The molecule has 0 spiro atoms. The van der Waals surface area contributed by atoms with E-state index in [0.717, 1.165) is 10.5 Å². The fourth-order valence-electron chi connectivity index (χ4n) is 1.96. The van der Waals surface area contributed by atoms with E-state index < -0.39 is 10.1 Å². The van der Waals surface area contributed by atoms with Crippen LogP contribution in [0.5, 0.6) is 5.75 Å². The second-order valence-corrected chi connectivity index (χ2v) is 7.34. The quantitative estimate of drug-likeness (QED) is 0.436. The molecule has 0 aliphatic heterocycles. The molecule has 0 radical (unpaired) electrons. The van der Waals surface area contributed by atoms with E-state index in [1.165, 1.54) is 31.0 Å². The number of nitriles is 1. The Balaban J connectivity index is 2.32. The average Bonchev–Trinajstić information content (AvgIpc) is 2.62. The molecule has 2 aromatic carbocycles. The lowest BCUT2D eigenvalue weighted by Gasteiger charge is -2.08. The fraction of sp³-hybridized carbons (Fsp3) is 0.176. The number of methoxy groups -OCH3 is 1. The van der Waals surface area contributed by atoms with Crippen molar-refractivity contribution in [2.24, 2.45) is 5.16 Å². The molecule has 0 unspecified atom stereocenters. The molecule has 0 fully saturated rings. The summed E-state index contributed by atoms with van der Waals surface area (Å²) in [7, 11) is -2.58. The van der Waals surface area contributed by atoms with Gasteiger partial charge in [0.2, 0.25) is 0 Å². The van der Waals surface area contributed by atoms with E-state index in [0.29, 0.717) is 11.3 Å². The molecule has 0 saturated heterocycles. The number of hydrogen-bond acceptors (Lipinski definition) is 7. The topological polar surface area (TPSA) is 88.8 Å². The highest BCUT2D eigenvalue weighted by molar-refractivity contribution is 7.98. The summed E-state index contributed by atoms with van der Waals surface area (Å²) in [5.41, 5.74) is 1.15. The summed E-state index contributed by atoms with van der Waals surface area (Å²) in [5, 5.41) is 12.8. The first-order valence-corrected chi connectivity index (χ1v) is 9.75. The summed E-state index contributed by atoms with van der Waals surface area (Å²) in [6.07, 6.45) is 1.90. The summed E-state index contributed by atoms with van der Waals surface area (Å²) in [5.74, 6) is 0.564. The van der Waals surface area contributed by atoms with Crippen molar-refractivity contribution in [2.45, 2.75) is 16.7 Å². The van der Waals surface area contributed by atoms with E-state index in [4.69, 9.17) is 4.74 Å². The van der Waals surface area contributed by atoms with E-state index in [-0.39, 0.29) is 10.6 Å². The molecule has 0 N–H and O–H groups in total. The summed E-state index contributed by atoms with van der Waals surface area (Å²) in [6, 6.07) is 13.0. The highest BCUT2D eigenvalue weighted by atomic mass is 32.2. The normalized spacial score (nSPS) is 11.7. The minimum atomic E-state index is -4.09. The molecule has 2 rings (SSSR count). The van der Waals surface area contributed by atoms with Crippen molar-refractivity contribution in [1.82, 2.24) is 0 Å². The van der Waals surface area contributed by atoms with Crippen molar-refractivity contribution in [3.05, 3.63) is 53.6 Å². The second kappa shape index (κ2) is 8.05. The molecule has 0 aromatic heterocycles. The Morgan fingerprint density at radius 1 is 1.20 bits per heavy atom. The number of ether oxygens (including phenoxy) is 1. The molecular formula is C17H16N2O4S2. The lowest BCUT2D eigenvalue weighted by atomic mass is 10.1. The molecule has 25 heavy (non-hydrogen) atoms. The van der Waals surface area contributed by atoms with Crippen molar-refractivity contribution >= 4 is 27.6 Å². The van der Waals surface area contributed by atoms with Crippen LogP contribution < -0.4 is 4.74 Å². The molecular weight excluding hydrogens is 360 g/mol. The summed E-state index contributed by atoms with van der Waals surface area (Å²) in [4.78, 5) is 0.853. The first-order valence-electron chi connectivity index (χ1n) is 7.12. The number of hydrogen-bond donors (Lipinski definition) is 0. The number of oxime groups is 1. The predicted octanol–water partition coefficient (Wildman–Crippen LogP) is 3.36. The molecule has 0 aliphatic rings. The number of nitrogens with zero attached hydrogens (tertiary/aromatic N) is 2. The minimum Gasteiger partial charge on any atom is -0.496 e. The fourth-order valence-corrected chi connectivity index (χ4v) is 3.23. The van der Waals surface area contributed by atoms with Gasteiger partial charge in [0.15, 0.2) is 5.71 Å². The molecule has 0 amide bonds. The van der Waals surface area contributed by atoms with Gasteiger partial charge in [0.1, 0.15) is 16.7 Å². The molecule has 6 nitrogen and oxygen atoms in total. The van der Waals surface area contributed by atoms with Gasteiger partial charge in [-0.2, -0.15) is 13.7 Å². The Hall–Kier alpha value is -2.50. The van der Waals surface area contributed by atoms with Crippen LogP contribution in [0.25, 0.3) is 0 Å². The molecule has 0 saturated carbocycles. The van der Waals surface area contributed by atoms with Gasteiger partial charge in [-0.25, -0.2) is 0 Å². The standard InChI is InChI=1S/C17H16N2O4S2/c1-12-4-7-14(8-5-12)25(20,21)23-19-15(11-18)13-6-9-17(24-3)16(10-13)22-2/h4-10H,1-3H3. The third kappa shape index (κ3) is 4.53. The summed E-state index contributed by atoms with van der Waals surface area (Å²) in [6.45, 7) is 1.84. The zero-order valence-electron chi connectivity index (χ0n) is 13.9. The maximum atomic E-state index is 12.2. The van der Waals surface area contributed by atoms with Crippen LogP contribution >= 0.6 is 11.8 Å². The maximum Gasteiger partial charge on any atom is 0.358 e. The summed E-state index contributed by atoms with van der Waals surface area (Å²) >= 11 is 1.49. The highest BCUT2D eigenvalue weighted by Crippen LogP contribution is 2.28. The number of aryl methyl sites for hydroxylation is 1. The van der Waals surface area contributed by atoms with Gasteiger partial charge in [0.05, 0.1) is 7.11 Å². The SMILES string of the molecule is COc1cc(C(C#N)=NOS(=O)(=O)c2ccc(C)cc2)ccc1SC. The van der Waals surface area contributed by atoms with Gasteiger partial charge in [-0.05, 0) is 37.4 Å². The van der Waals surface area contributed by atoms with Crippen molar-refractivity contribution in [2.75, 3.05) is 13.4 Å². The molecule has 8 heteroatoms. The molecule has 2 aromatic rings. The zero-order valence-corrected chi connectivity index (χ0v) is 15.5. The zero-order chi connectivity index (χ0) is 18.4. The van der Waals surface area contributed by atoms with Crippen molar-refractivity contribution in [1.29, 1.82) is 5.26 Å². The largest absolute Gasteiger partial charge is 0.496 e. The second-order valence-electron chi connectivity index (χ2n) is 4.96. The van der Waals surface area contributed by atoms with Gasteiger partial charge in [-0.15, -0.1) is 11.8 Å². The van der Waals surface area contributed by atoms with Crippen LogP contribution in [0.3, 0.4) is 0 Å². The van der Waals surface area contributed by atoms with Gasteiger partial charge in [0, 0.05) is 10.5 Å². The maximum absolute atomic E-state index is 12.2. The van der Waals surface area contributed by atoms with E-state index in [2.05, 4.69) is 9.44 Å². The van der Waals surface area contributed by atoms with Gasteiger partial charge in [-0.1, -0.05) is 28.9 Å². The molecule has 0 atom stereocenters. The van der Waals surface area contributed by atoms with E-state index in [9.17, 15) is 13.7 Å². The summed E-state index contributed by atoms with van der Waals surface area (Å²) < 4.78 is 34.2. The average molecular weight is 376 g/mol. The monoisotopic (exact) mass is 376 g/mol. The van der Waals surface area contributed by atoms with Crippen molar-refractivity contribution in [3.8, 4) is 11.8 Å².